The molecular formula is C20H22FNO. The maximum absolute atomic E-state index is 13.9. The summed E-state index contributed by atoms with van der Waals surface area (Å²) in [6.07, 6.45) is 3.75. The average molecular weight is 311 g/mol. The number of ketones is 1. The van der Waals surface area contributed by atoms with Gasteiger partial charge in [0.25, 0.3) is 0 Å². The van der Waals surface area contributed by atoms with Gasteiger partial charge in [-0.25, -0.2) is 4.39 Å². The summed E-state index contributed by atoms with van der Waals surface area (Å²) in [4.78, 5) is 15.0. The van der Waals surface area contributed by atoms with Crippen molar-refractivity contribution in [2.45, 2.75) is 32.1 Å². The number of piperidine rings is 1. The molecule has 0 bridgehead atoms. The molecule has 120 valence electrons. The average Bonchev–Trinajstić information content (AvgIpc) is 2.62. The molecule has 2 aromatic rings. The third-order valence-electron chi connectivity index (χ3n) is 4.64. The second-order valence-corrected chi connectivity index (χ2v) is 6.20. The van der Waals surface area contributed by atoms with Gasteiger partial charge in [0.05, 0.1) is 0 Å². The molecule has 23 heavy (non-hydrogen) atoms. The van der Waals surface area contributed by atoms with E-state index in [0.29, 0.717) is 11.1 Å². The third kappa shape index (κ3) is 3.44. The number of carbonyl (C=O) groups is 1. The van der Waals surface area contributed by atoms with Crippen molar-refractivity contribution in [3.8, 4) is 0 Å². The van der Waals surface area contributed by atoms with Crippen molar-refractivity contribution in [3.05, 3.63) is 65.5 Å². The molecule has 1 fully saturated rings. The van der Waals surface area contributed by atoms with E-state index in [2.05, 4.69) is 4.90 Å². The van der Waals surface area contributed by atoms with Gasteiger partial charge < -0.3 is 4.90 Å². The molecule has 3 heteroatoms. The van der Waals surface area contributed by atoms with Crippen LogP contribution in [0.2, 0.25) is 0 Å². The normalized spacial score (nSPS) is 16.2. The van der Waals surface area contributed by atoms with E-state index in [1.807, 2.05) is 24.3 Å². The lowest BCUT2D eigenvalue weighted by molar-refractivity contribution is 0.0964. The van der Waals surface area contributed by atoms with Gasteiger partial charge in [0.2, 0.25) is 0 Å². The van der Waals surface area contributed by atoms with Crippen LogP contribution in [0, 0.1) is 5.82 Å². The fraction of sp³-hybridized carbons (Fsp3) is 0.350. The van der Waals surface area contributed by atoms with E-state index in [0.717, 1.165) is 13.1 Å². The first-order valence-corrected chi connectivity index (χ1v) is 8.30. The first-order chi connectivity index (χ1) is 11.2. The summed E-state index contributed by atoms with van der Waals surface area (Å²) in [5, 5.41) is 0. The molecule has 0 spiro atoms. The predicted molar refractivity (Wildman–Crippen MR) is 91.7 cm³/mol. The molecule has 1 saturated heterocycles. The Hall–Kier alpha value is -2.16. The molecule has 0 radical (unpaired) electrons. The minimum absolute atomic E-state index is 0.0414. The van der Waals surface area contributed by atoms with E-state index < -0.39 is 5.92 Å². The van der Waals surface area contributed by atoms with Crippen molar-refractivity contribution in [1.29, 1.82) is 0 Å². The summed E-state index contributed by atoms with van der Waals surface area (Å²) >= 11 is 0. The molecule has 1 aliphatic heterocycles. The lowest BCUT2D eigenvalue weighted by atomic mass is 9.92. The van der Waals surface area contributed by atoms with Crippen LogP contribution in [0.5, 0.6) is 0 Å². The fourth-order valence-corrected chi connectivity index (χ4v) is 3.21. The van der Waals surface area contributed by atoms with Crippen LogP contribution in [0.3, 0.4) is 0 Å². The second kappa shape index (κ2) is 6.95. The molecule has 0 aromatic heterocycles. The lowest BCUT2D eigenvalue weighted by Gasteiger charge is -2.28. The molecule has 0 aliphatic carbocycles. The van der Waals surface area contributed by atoms with Crippen LogP contribution in [0.4, 0.5) is 10.1 Å². The first kappa shape index (κ1) is 15.7. The Bertz CT molecular complexity index is 674. The van der Waals surface area contributed by atoms with Crippen molar-refractivity contribution in [2.75, 3.05) is 18.0 Å². The molecule has 1 unspecified atom stereocenters. The topological polar surface area (TPSA) is 20.3 Å². The summed E-state index contributed by atoms with van der Waals surface area (Å²) in [5.41, 5.74) is 2.26. The summed E-state index contributed by atoms with van der Waals surface area (Å²) < 4.78 is 13.9. The fourth-order valence-electron chi connectivity index (χ4n) is 3.21. The van der Waals surface area contributed by atoms with Crippen LogP contribution in [0.15, 0.2) is 48.5 Å². The summed E-state index contributed by atoms with van der Waals surface area (Å²) in [7, 11) is 0. The van der Waals surface area contributed by atoms with E-state index >= 15 is 0 Å². The van der Waals surface area contributed by atoms with Gasteiger partial charge in [0.15, 0.2) is 5.78 Å². The number of benzene rings is 2. The molecular weight excluding hydrogens is 289 g/mol. The first-order valence-electron chi connectivity index (χ1n) is 8.30. The Morgan fingerprint density at radius 3 is 2.30 bits per heavy atom. The van der Waals surface area contributed by atoms with Crippen molar-refractivity contribution < 1.29 is 9.18 Å². The Labute approximate surface area is 136 Å². The zero-order chi connectivity index (χ0) is 16.2. The summed E-state index contributed by atoms with van der Waals surface area (Å²) in [6, 6.07) is 14.2. The zero-order valence-corrected chi connectivity index (χ0v) is 13.5. The molecule has 1 atom stereocenters. The number of nitrogens with zero attached hydrogens (tertiary/aromatic N) is 1. The van der Waals surface area contributed by atoms with Crippen LogP contribution >= 0.6 is 0 Å². The Morgan fingerprint density at radius 2 is 1.65 bits per heavy atom. The number of rotatable bonds is 4. The zero-order valence-electron chi connectivity index (χ0n) is 13.5. The highest BCUT2D eigenvalue weighted by Crippen LogP contribution is 2.25. The number of carbonyl (C=O) groups excluding carboxylic acids is 1. The molecule has 0 saturated carbocycles. The largest absolute Gasteiger partial charge is 0.372 e. The molecule has 3 rings (SSSR count). The van der Waals surface area contributed by atoms with Crippen molar-refractivity contribution in [3.63, 3.8) is 0 Å². The third-order valence-corrected chi connectivity index (χ3v) is 4.64. The van der Waals surface area contributed by atoms with Crippen molar-refractivity contribution in [2.24, 2.45) is 0 Å². The number of halogens is 1. The van der Waals surface area contributed by atoms with Gasteiger partial charge in [-0.3, -0.25) is 4.79 Å². The van der Waals surface area contributed by atoms with Gasteiger partial charge in [-0.05, 0) is 55.2 Å². The van der Waals surface area contributed by atoms with Crippen LogP contribution < -0.4 is 4.90 Å². The van der Waals surface area contributed by atoms with Crippen molar-refractivity contribution in [1.82, 2.24) is 0 Å². The minimum Gasteiger partial charge on any atom is -0.372 e. The molecule has 0 amide bonds. The summed E-state index contributed by atoms with van der Waals surface area (Å²) in [6.45, 7) is 3.93. The molecule has 2 aromatic carbocycles. The van der Waals surface area contributed by atoms with E-state index in [4.69, 9.17) is 0 Å². The Balaban J connectivity index is 1.76. The van der Waals surface area contributed by atoms with Gasteiger partial charge in [-0.2, -0.15) is 0 Å². The standard InChI is InChI=1S/C20H22FNO/c1-15(18-7-3-4-8-19(18)21)20(23)16-9-11-17(12-10-16)22-13-5-2-6-14-22/h3-4,7-12,15H,2,5-6,13-14H2,1H3. The highest BCUT2D eigenvalue weighted by atomic mass is 19.1. The van der Waals surface area contributed by atoms with Gasteiger partial charge in [0, 0.05) is 30.3 Å². The second-order valence-electron chi connectivity index (χ2n) is 6.20. The molecule has 2 nitrogen and oxygen atoms in total. The highest BCUT2D eigenvalue weighted by Gasteiger charge is 2.20. The molecule has 1 aliphatic rings. The quantitative estimate of drug-likeness (QED) is 0.756. The lowest BCUT2D eigenvalue weighted by Crippen LogP contribution is -2.29. The van der Waals surface area contributed by atoms with Gasteiger partial charge in [-0.1, -0.05) is 25.1 Å². The van der Waals surface area contributed by atoms with Gasteiger partial charge in [-0.15, -0.1) is 0 Å². The summed E-state index contributed by atoms with van der Waals surface area (Å²) in [5.74, 6) is -0.837. The number of hydrogen-bond acceptors (Lipinski definition) is 2. The van der Waals surface area contributed by atoms with Crippen LogP contribution in [0.25, 0.3) is 0 Å². The Kier molecular flexibility index (Phi) is 4.75. The van der Waals surface area contributed by atoms with E-state index in [9.17, 15) is 9.18 Å². The maximum Gasteiger partial charge on any atom is 0.170 e. The maximum atomic E-state index is 13.9. The SMILES string of the molecule is CC(C(=O)c1ccc(N2CCCCC2)cc1)c1ccccc1F. The molecule has 0 N–H and O–H groups in total. The van der Waals surface area contributed by atoms with E-state index in [1.165, 1.54) is 31.0 Å². The van der Waals surface area contributed by atoms with Gasteiger partial charge >= 0.3 is 0 Å². The highest BCUT2D eigenvalue weighted by molar-refractivity contribution is 6.01. The monoisotopic (exact) mass is 311 g/mol. The number of Topliss-reactive ketones (excluding diaryl/α,β-unsaturated/α-hetero) is 1. The number of anilines is 1. The van der Waals surface area contributed by atoms with Crippen molar-refractivity contribution >= 4 is 11.5 Å². The van der Waals surface area contributed by atoms with Crippen LogP contribution in [-0.2, 0) is 0 Å². The van der Waals surface area contributed by atoms with E-state index in [-0.39, 0.29) is 11.6 Å². The van der Waals surface area contributed by atoms with Crippen LogP contribution in [-0.4, -0.2) is 18.9 Å². The van der Waals surface area contributed by atoms with Gasteiger partial charge in [0.1, 0.15) is 5.82 Å². The van der Waals surface area contributed by atoms with Crippen LogP contribution in [0.1, 0.15) is 48.0 Å². The smallest absolute Gasteiger partial charge is 0.170 e. The Morgan fingerprint density at radius 1 is 1.00 bits per heavy atom. The van der Waals surface area contributed by atoms with E-state index in [1.54, 1.807) is 25.1 Å². The molecule has 1 heterocycles. The predicted octanol–water partition coefficient (Wildman–Crippen LogP) is 4.80. The minimum atomic E-state index is -0.475. The number of hydrogen-bond donors (Lipinski definition) is 0.